The molecule has 5 aromatic rings. The minimum absolute atomic E-state index is 0.0430. The lowest BCUT2D eigenvalue weighted by molar-refractivity contribution is -0.385. The van der Waals surface area contributed by atoms with E-state index in [-0.39, 0.29) is 11.3 Å². The lowest BCUT2D eigenvalue weighted by atomic mass is 10.1. The largest absolute Gasteiger partial charge is 0.422 e. The van der Waals surface area contributed by atoms with Gasteiger partial charge in [-0.15, -0.1) is 0 Å². The molecular formula is C27H18N2O5. The number of aromatic nitrogens is 1. The second-order valence-electron chi connectivity index (χ2n) is 7.80. The number of rotatable bonds is 6. The van der Waals surface area contributed by atoms with Crippen molar-refractivity contribution in [2.75, 3.05) is 0 Å². The summed E-state index contributed by atoms with van der Waals surface area (Å²) in [5, 5.41) is 13.0. The summed E-state index contributed by atoms with van der Waals surface area (Å²) in [5.74, 6) is -0.463. The average molecular weight is 450 g/mol. The highest BCUT2D eigenvalue weighted by atomic mass is 16.6. The summed E-state index contributed by atoms with van der Waals surface area (Å²) in [6.07, 6.45) is 4.83. The Kier molecular flexibility index (Phi) is 5.35. The molecule has 166 valence electrons. The Hall–Kier alpha value is -4.78. The molecule has 2 aromatic heterocycles. The number of nitro groups is 1. The minimum atomic E-state index is -0.688. The zero-order chi connectivity index (χ0) is 23.7. The van der Waals surface area contributed by atoms with Crippen molar-refractivity contribution < 1.29 is 14.1 Å². The number of hydrogen-bond donors (Lipinski definition) is 0. The second-order valence-corrected chi connectivity index (χ2v) is 7.80. The quantitative estimate of drug-likeness (QED) is 0.110. The fourth-order valence-electron chi connectivity index (χ4n) is 4.03. The van der Waals surface area contributed by atoms with Crippen LogP contribution in [0.2, 0.25) is 0 Å². The molecule has 0 aliphatic rings. The van der Waals surface area contributed by atoms with Gasteiger partial charge in [-0.2, -0.15) is 0 Å². The van der Waals surface area contributed by atoms with E-state index >= 15 is 0 Å². The van der Waals surface area contributed by atoms with Crippen molar-refractivity contribution in [3.8, 4) is 0 Å². The Balaban J connectivity index is 1.51. The van der Waals surface area contributed by atoms with Crippen LogP contribution < -0.4 is 5.63 Å². The lowest BCUT2D eigenvalue weighted by Gasteiger charge is -2.06. The Morgan fingerprint density at radius 1 is 1.00 bits per heavy atom. The molecule has 0 amide bonds. The lowest BCUT2D eigenvalue weighted by Crippen LogP contribution is -2.11. The number of carbonyl (C=O) groups is 1. The zero-order valence-electron chi connectivity index (χ0n) is 17.9. The molecule has 0 aliphatic heterocycles. The first-order valence-corrected chi connectivity index (χ1v) is 10.6. The van der Waals surface area contributed by atoms with Gasteiger partial charge < -0.3 is 8.98 Å². The predicted molar refractivity (Wildman–Crippen MR) is 130 cm³/mol. The Bertz CT molecular complexity index is 1660. The van der Waals surface area contributed by atoms with Crippen LogP contribution in [-0.2, 0) is 6.54 Å². The highest BCUT2D eigenvalue weighted by Crippen LogP contribution is 2.26. The van der Waals surface area contributed by atoms with Crippen LogP contribution in [0, 0.1) is 10.1 Å². The van der Waals surface area contributed by atoms with Gasteiger partial charge in [-0.1, -0.05) is 54.6 Å². The standard InChI is InChI=1S/C27H18N2O5/c30-25(22-15-18-7-2-6-12-26(18)34-27(22)31)14-13-19-16-28(24-11-5-3-9-21(19)24)17-20-8-1-4-10-23(20)29(32)33/h1-16H,17H2/b14-13+. The van der Waals surface area contributed by atoms with Crippen LogP contribution in [-0.4, -0.2) is 15.3 Å². The molecule has 0 atom stereocenters. The Labute approximate surface area is 193 Å². The van der Waals surface area contributed by atoms with Crippen molar-refractivity contribution in [1.29, 1.82) is 0 Å². The molecule has 5 rings (SSSR count). The van der Waals surface area contributed by atoms with Crippen LogP contribution in [0.15, 0.2) is 100 Å². The van der Waals surface area contributed by atoms with Crippen molar-refractivity contribution in [2.24, 2.45) is 0 Å². The second kappa shape index (κ2) is 8.63. The molecular weight excluding hydrogens is 432 g/mol. The van der Waals surface area contributed by atoms with E-state index < -0.39 is 16.3 Å². The fourth-order valence-corrected chi connectivity index (χ4v) is 4.03. The summed E-state index contributed by atoms with van der Waals surface area (Å²) in [7, 11) is 0. The smallest absolute Gasteiger partial charge is 0.347 e. The van der Waals surface area contributed by atoms with Gasteiger partial charge in [0.1, 0.15) is 11.1 Å². The maximum Gasteiger partial charge on any atom is 0.347 e. The molecule has 34 heavy (non-hydrogen) atoms. The van der Waals surface area contributed by atoms with Gasteiger partial charge in [-0.05, 0) is 30.4 Å². The number of carbonyl (C=O) groups excluding carboxylic acids is 1. The van der Waals surface area contributed by atoms with Crippen molar-refractivity contribution in [3.05, 3.63) is 128 Å². The van der Waals surface area contributed by atoms with E-state index in [4.69, 9.17) is 4.42 Å². The van der Waals surface area contributed by atoms with Gasteiger partial charge in [0.15, 0.2) is 5.78 Å². The van der Waals surface area contributed by atoms with Crippen molar-refractivity contribution in [3.63, 3.8) is 0 Å². The van der Waals surface area contributed by atoms with E-state index in [1.807, 2.05) is 35.0 Å². The van der Waals surface area contributed by atoms with Gasteiger partial charge in [0.25, 0.3) is 5.69 Å². The van der Waals surface area contributed by atoms with Crippen molar-refractivity contribution in [1.82, 2.24) is 4.57 Å². The molecule has 3 aromatic carbocycles. The van der Waals surface area contributed by atoms with E-state index in [9.17, 15) is 19.7 Å². The molecule has 7 heteroatoms. The molecule has 0 saturated carbocycles. The summed E-state index contributed by atoms with van der Waals surface area (Å²) in [6.45, 7) is 0.299. The molecule has 2 heterocycles. The van der Waals surface area contributed by atoms with Crippen LogP contribution in [0.3, 0.4) is 0 Å². The number of benzene rings is 3. The third-order valence-electron chi connectivity index (χ3n) is 5.67. The van der Waals surface area contributed by atoms with Gasteiger partial charge >= 0.3 is 5.63 Å². The number of nitrogens with zero attached hydrogens (tertiary/aromatic N) is 2. The maximum absolute atomic E-state index is 12.8. The van der Waals surface area contributed by atoms with Gasteiger partial charge in [-0.3, -0.25) is 14.9 Å². The number of fused-ring (bicyclic) bond motifs is 2. The van der Waals surface area contributed by atoms with Crippen LogP contribution in [0.1, 0.15) is 21.5 Å². The normalized spacial score (nSPS) is 11.4. The van der Waals surface area contributed by atoms with Crippen molar-refractivity contribution >= 4 is 39.4 Å². The van der Waals surface area contributed by atoms with Crippen LogP contribution in [0.4, 0.5) is 5.69 Å². The van der Waals surface area contributed by atoms with Gasteiger partial charge in [-0.25, -0.2) is 4.79 Å². The fraction of sp³-hybridized carbons (Fsp3) is 0.0370. The first-order chi connectivity index (χ1) is 16.5. The molecule has 0 saturated heterocycles. The molecule has 0 fully saturated rings. The summed E-state index contributed by atoms with van der Waals surface area (Å²) >= 11 is 0. The Morgan fingerprint density at radius 2 is 1.74 bits per heavy atom. The third-order valence-corrected chi connectivity index (χ3v) is 5.67. The highest BCUT2D eigenvalue weighted by Gasteiger charge is 2.15. The molecule has 0 bridgehead atoms. The molecule has 7 nitrogen and oxygen atoms in total. The number of hydrogen-bond acceptors (Lipinski definition) is 5. The number of para-hydroxylation sites is 3. The van der Waals surface area contributed by atoms with E-state index in [1.165, 1.54) is 18.2 Å². The molecule has 0 aliphatic carbocycles. The predicted octanol–water partition coefficient (Wildman–Crippen LogP) is 5.60. The summed E-state index contributed by atoms with van der Waals surface area (Å²) in [6, 6.07) is 22.8. The van der Waals surface area contributed by atoms with Gasteiger partial charge in [0.05, 0.1) is 11.5 Å². The zero-order valence-corrected chi connectivity index (χ0v) is 17.9. The third kappa shape index (κ3) is 3.91. The molecule has 0 spiro atoms. The van der Waals surface area contributed by atoms with E-state index in [2.05, 4.69) is 0 Å². The van der Waals surface area contributed by atoms with E-state index in [0.717, 1.165) is 16.5 Å². The number of nitro benzene ring substituents is 1. The first kappa shape index (κ1) is 21.1. The van der Waals surface area contributed by atoms with Crippen molar-refractivity contribution in [2.45, 2.75) is 6.54 Å². The summed E-state index contributed by atoms with van der Waals surface area (Å²) in [5.41, 5.74) is 1.95. The average Bonchev–Trinajstić information content (AvgIpc) is 3.19. The van der Waals surface area contributed by atoms with Crippen LogP contribution in [0.25, 0.3) is 27.9 Å². The SMILES string of the molecule is O=C(/C=C/c1cn(Cc2ccccc2[N+](=O)[O-])c2ccccc12)c1cc2ccccc2oc1=O. The highest BCUT2D eigenvalue weighted by molar-refractivity contribution is 6.08. The summed E-state index contributed by atoms with van der Waals surface area (Å²) in [4.78, 5) is 36.1. The molecule has 0 N–H and O–H groups in total. The first-order valence-electron chi connectivity index (χ1n) is 10.6. The van der Waals surface area contributed by atoms with Crippen LogP contribution in [0.5, 0.6) is 0 Å². The molecule has 0 radical (unpaired) electrons. The Morgan fingerprint density at radius 3 is 2.59 bits per heavy atom. The van der Waals surface area contributed by atoms with Gasteiger partial charge in [0, 0.05) is 39.7 Å². The van der Waals surface area contributed by atoms with E-state index in [1.54, 1.807) is 48.5 Å². The van der Waals surface area contributed by atoms with E-state index in [0.29, 0.717) is 23.1 Å². The monoisotopic (exact) mass is 450 g/mol. The topological polar surface area (TPSA) is 95.3 Å². The van der Waals surface area contributed by atoms with Crippen LogP contribution >= 0.6 is 0 Å². The minimum Gasteiger partial charge on any atom is -0.422 e. The summed E-state index contributed by atoms with van der Waals surface area (Å²) < 4.78 is 7.18. The number of ketones is 1. The maximum atomic E-state index is 12.8. The van der Waals surface area contributed by atoms with Gasteiger partial charge in [0.2, 0.25) is 0 Å². The molecule has 0 unspecified atom stereocenters. The number of allylic oxidation sites excluding steroid dienone is 1.